The Bertz CT molecular complexity index is 479. The van der Waals surface area contributed by atoms with Crippen LogP contribution < -0.4 is 10.6 Å². The van der Waals surface area contributed by atoms with Crippen LogP contribution in [-0.2, 0) is 0 Å². The van der Waals surface area contributed by atoms with E-state index in [2.05, 4.69) is 15.0 Å². The minimum Gasteiger partial charge on any atom is -0.472 e. The van der Waals surface area contributed by atoms with E-state index in [0.717, 1.165) is 18.7 Å². The third-order valence-corrected chi connectivity index (χ3v) is 2.47. The number of hydrogen-bond donors (Lipinski definition) is 1. The lowest BCUT2D eigenvalue weighted by Crippen LogP contribution is -2.25. The van der Waals surface area contributed by atoms with Gasteiger partial charge in [0.15, 0.2) is 5.82 Å². The quantitative estimate of drug-likeness (QED) is 0.863. The van der Waals surface area contributed by atoms with Crippen LogP contribution in [0.2, 0.25) is 0 Å². The highest BCUT2D eigenvalue weighted by molar-refractivity contribution is 5.56. The molecule has 2 N–H and O–H groups in total. The van der Waals surface area contributed by atoms with Gasteiger partial charge in [0.05, 0.1) is 11.8 Å². The van der Waals surface area contributed by atoms with Gasteiger partial charge in [-0.3, -0.25) is 0 Å². The Morgan fingerprint density at radius 2 is 2.00 bits per heavy atom. The molecule has 2 aromatic rings. The van der Waals surface area contributed by atoms with Crippen molar-refractivity contribution in [3.63, 3.8) is 0 Å². The molecule has 0 radical (unpaired) electrons. The second kappa shape index (κ2) is 4.82. The minimum absolute atomic E-state index is 0.220. The van der Waals surface area contributed by atoms with Gasteiger partial charge in [0.2, 0.25) is 11.9 Å². The summed E-state index contributed by atoms with van der Waals surface area (Å²) < 4.78 is 5.01. The Kier molecular flexibility index (Phi) is 3.22. The Morgan fingerprint density at radius 1 is 1.24 bits per heavy atom. The maximum atomic E-state index is 5.69. The lowest BCUT2D eigenvalue weighted by atomic mass is 10.3. The van der Waals surface area contributed by atoms with Crippen molar-refractivity contribution in [3.8, 4) is 11.4 Å². The van der Waals surface area contributed by atoms with Crippen molar-refractivity contribution in [1.82, 2.24) is 15.0 Å². The third-order valence-electron chi connectivity index (χ3n) is 2.47. The maximum absolute atomic E-state index is 5.69. The van der Waals surface area contributed by atoms with Gasteiger partial charge < -0.3 is 15.1 Å². The van der Waals surface area contributed by atoms with E-state index in [4.69, 9.17) is 10.2 Å². The van der Waals surface area contributed by atoms with Gasteiger partial charge >= 0.3 is 0 Å². The molecule has 0 aliphatic carbocycles. The van der Waals surface area contributed by atoms with Crippen LogP contribution in [-0.4, -0.2) is 28.0 Å². The SMILES string of the molecule is CCN(CC)c1nc(N)nc(-c2ccoc2)n1. The Labute approximate surface area is 99.5 Å². The molecular weight excluding hydrogens is 218 g/mol. The molecule has 90 valence electrons. The summed E-state index contributed by atoms with van der Waals surface area (Å²) in [6.45, 7) is 5.73. The Balaban J connectivity index is 2.42. The third kappa shape index (κ3) is 2.35. The summed E-state index contributed by atoms with van der Waals surface area (Å²) in [5.74, 6) is 1.35. The average molecular weight is 233 g/mol. The standard InChI is InChI=1S/C11H15N5O/c1-3-16(4-2)11-14-9(13-10(12)15-11)8-5-6-17-7-8/h5-7H,3-4H2,1-2H3,(H2,12,13,14,15). The molecule has 2 rings (SSSR count). The maximum Gasteiger partial charge on any atom is 0.230 e. The molecule has 0 spiro atoms. The van der Waals surface area contributed by atoms with E-state index in [1.165, 1.54) is 0 Å². The normalized spacial score (nSPS) is 10.5. The summed E-state index contributed by atoms with van der Waals surface area (Å²) in [7, 11) is 0. The lowest BCUT2D eigenvalue weighted by molar-refractivity contribution is 0.568. The van der Waals surface area contributed by atoms with Crippen LogP contribution in [0.15, 0.2) is 23.0 Å². The van der Waals surface area contributed by atoms with Crippen molar-refractivity contribution in [3.05, 3.63) is 18.6 Å². The fourth-order valence-electron chi connectivity index (χ4n) is 1.55. The first-order chi connectivity index (χ1) is 8.24. The fourth-order valence-corrected chi connectivity index (χ4v) is 1.55. The summed E-state index contributed by atoms with van der Waals surface area (Å²) in [6.07, 6.45) is 3.16. The number of rotatable bonds is 4. The number of nitrogens with zero attached hydrogens (tertiary/aromatic N) is 4. The van der Waals surface area contributed by atoms with E-state index < -0.39 is 0 Å². The first kappa shape index (κ1) is 11.4. The zero-order valence-electron chi connectivity index (χ0n) is 9.92. The van der Waals surface area contributed by atoms with E-state index in [-0.39, 0.29) is 5.95 Å². The molecule has 0 atom stereocenters. The highest BCUT2D eigenvalue weighted by Crippen LogP contribution is 2.18. The number of aromatic nitrogens is 3. The van der Waals surface area contributed by atoms with E-state index in [1.54, 1.807) is 18.6 Å². The van der Waals surface area contributed by atoms with Gasteiger partial charge in [-0.05, 0) is 19.9 Å². The molecule has 0 aliphatic rings. The van der Waals surface area contributed by atoms with Gasteiger partial charge in [0.25, 0.3) is 0 Å². The van der Waals surface area contributed by atoms with E-state index in [9.17, 15) is 0 Å². The summed E-state index contributed by atoms with van der Waals surface area (Å²) in [5.41, 5.74) is 6.49. The summed E-state index contributed by atoms with van der Waals surface area (Å²) in [6, 6.07) is 1.79. The lowest BCUT2D eigenvalue weighted by Gasteiger charge is -2.18. The summed E-state index contributed by atoms with van der Waals surface area (Å²) in [4.78, 5) is 14.6. The molecule has 0 bridgehead atoms. The Morgan fingerprint density at radius 3 is 2.59 bits per heavy atom. The zero-order valence-corrected chi connectivity index (χ0v) is 9.92. The van der Waals surface area contributed by atoms with Gasteiger partial charge in [0.1, 0.15) is 6.26 Å². The van der Waals surface area contributed by atoms with Crippen LogP contribution in [0.3, 0.4) is 0 Å². The molecule has 0 unspecified atom stereocenters. The number of nitrogens with two attached hydrogens (primary N) is 1. The van der Waals surface area contributed by atoms with Crippen LogP contribution in [0, 0.1) is 0 Å². The van der Waals surface area contributed by atoms with E-state index in [0.29, 0.717) is 11.8 Å². The molecule has 2 heterocycles. The molecule has 2 aromatic heterocycles. The molecule has 6 heteroatoms. The van der Waals surface area contributed by atoms with Crippen LogP contribution in [0.4, 0.5) is 11.9 Å². The largest absolute Gasteiger partial charge is 0.472 e. The van der Waals surface area contributed by atoms with E-state index in [1.807, 2.05) is 18.7 Å². The molecule has 0 aliphatic heterocycles. The monoisotopic (exact) mass is 233 g/mol. The van der Waals surface area contributed by atoms with Gasteiger partial charge in [-0.25, -0.2) is 0 Å². The number of hydrogen-bond acceptors (Lipinski definition) is 6. The van der Waals surface area contributed by atoms with Crippen molar-refractivity contribution < 1.29 is 4.42 Å². The van der Waals surface area contributed by atoms with Crippen molar-refractivity contribution in [2.75, 3.05) is 23.7 Å². The topological polar surface area (TPSA) is 81.1 Å². The Hall–Kier alpha value is -2.11. The highest BCUT2D eigenvalue weighted by Gasteiger charge is 2.11. The second-order valence-electron chi connectivity index (χ2n) is 3.50. The highest BCUT2D eigenvalue weighted by atomic mass is 16.3. The van der Waals surface area contributed by atoms with Crippen molar-refractivity contribution >= 4 is 11.9 Å². The molecule has 0 aromatic carbocycles. The first-order valence-corrected chi connectivity index (χ1v) is 5.53. The molecule has 17 heavy (non-hydrogen) atoms. The van der Waals surface area contributed by atoms with Crippen LogP contribution in [0.5, 0.6) is 0 Å². The molecule has 0 fully saturated rings. The average Bonchev–Trinajstić information content (AvgIpc) is 2.83. The van der Waals surface area contributed by atoms with Crippen molar-refractivity contribution in [1.29, 1.82) is 0 Å². The zero-order chi connectivity index (χ0) is 12.3. The molecular formula is C11H15N5O. The van der Waals surface area contributed by atoms with E-state index >= 15 is 0 Å². The predicted octanol–water partition coefficient (Wildman–Crippen LogP) is 1.56. The summed E-state index contributed by atoms with van der Waals surface area (Å²) in [5, 5.41) is 0. The number of furan rings is 1. The number of anilines is 2. The summed E-state index contributed by atoms with van der Waals surface area (Å²) >= 11 is 0. The molecule has 0 saturated heterocycles. The fraction of sp³-hybridized carbons (Fsp3) is 0.364. The van der Waals surface area contributed by atoms with Gasteiger partial charge in [-0.15, -0.1) is 0 Å². The predicted molar refractivity (Wildman–Crippen MR) is 65.5 cm³/mol. The van der Waals surface area contributed by atoms with Crippen molar-refractivity contribution in [2.24, 2.45) is 0 Å². The smallest absolute Gasteiger partial charge is 0.230 e. The van der Waals surface area contributed by atoms with Crippen LogP contribution >= 0.6 is 0 Å². The van der Waals surface area contributed by atoms with Crippen molar-refractivity contribution in [2.45, 2.75) is 13.8 Å². The van der Waals surface area contributed by atoms with Gasteiger partial charge in [-0.1, -0.05) is 0 Å². The number of nitrogen functional groups attached to an aromatic ring is 1. The first-order valence-electron chi connectivity index (χ1n) is 5.53. The second-order valence-corrected chi connectivity index (χ2v) is 3.50. The van der Waals surface area contributed by atoms with Gasteiger partial charge in [-0.2, -0.15) is 15.0 Å². The van der Waals surface area contributed by atoms with Crippen LogP contribution in [0.25, 0.3) is 11.4 Å². The molecule has 0 amide bonds. The minimum atomic E-state index is 0.220. The van der Waals surface area contributed by atoms with Crippen LogP contribution in [0.1, 0.15) is 13.8 Å². The molecule has 6 nitrogen and oxygen atoms in total. The molecule has 0 saturated carbocycles. The van der Waals surface area contributed by atoms with Gasteiger partial charge in [0, 0.05) is 13.1 Å².